The fraction of sp³-hybridized carbons (Fsp3) is 0.200. The van der Waals surface area contributed by atoms with Gasteiger partial charge in [0.15, 0.2) is 6.61 Å². The van der Waals surface area contributed by atoms with Gasteiger partial charge in [-0.1, -0.05) is 29.8 Å². The highest BCUT2D eigenvalue weighted by Gasteiger charge is 2.13. The van der Waals surface area contributed by atoms with Gasteiger partial charge < -0.3 is 15.0 Å². The molecule has 0 saturated heterocycles. The summed E-state index contributed by atoms with van der Waals surface area (Å²) >= 11 is 6.04. The number of aromatic nitrogens is 1. The number of aromatic amines is 1. The van der Waals surface area contributed by atoms with Gasteiger partial charge in [0.25, 0.3) is 5.91 Å². The van der Waals surface area contributed by atoms with Crippen molar-refractivity contribution in [2.75, 3.05) is 6.61 Å². The SMILES string of the molecule is Cc1[nH]c2ccc(C(=O)OCC(=O)NCc3ccccc3Cl)cc2c1C. The van der Waals surface area contributed by atoms with Gasteiger partial charge in [0, 0.05) is 28.2 Å². The lowest BCUT2D eigenvalue weighted by Gasteiger charge is -2.08. The summed E-state index contributed by atoms with van der Waals surface area (Å²) in [6.07, 6.45) is 0. The van der Waals surface area contributed by atoms with E-state index in [4.69, 9.17) is 16.3 Å². The summed E-state index contributed by atoms with van der Waals surface area (Å²) in [5, 5.41) is 4.23. The number of amides is 1. The maximum atomic E-state index is 12.2. The summed E-state index contributed by atoms with van der Waals surface area (Å²) in [5.41, 5.74) is 4.33. The highest BCUT2D eigenvalue weighted by Crippen LogP contribution is 2.22. The maximum absolute atomic E-state index is 12.2. The smallest absolute Gasteiger partial charge is 0.338 e. The van der Waals surface area contributed by atoms with Crippen molar-refractivity contribution in [2.24, 2.45) is 0 Å². The van der Waals surface area contributed by atoms with Crippen LogP contribution in [0.15, 0.2) is 42.5 Å². The van der Waals surface area contributed by atoms with Crippen LogP contribution in [0.25, 0.3) is 10.9 Å². The summed E-state index contributed by atoms with van der Waals surface area (Å²) < 4.78 is 5.11. The van der Waals surface area contributed by atoms with Crippen molar-refractivity contribution in [1.29, 1.82) is 0 Å². The number of hydrogen-bond donors (Lipinski definition) is 2. The monoisotopic (exact) mass is 370 g/mol. The van der Waals surface area contributed by atoms with Gasteiger partial charge in [-0.3, -0.25) is 4.79 Å². The Morgan fingerprint density at radius 1 is 1.15 bits per heavy atom. The van der Waals surface area contributed by atoms with Crippen molar-refractivity contribution in [2.45, 2.75) is 20.4 Å². The van der Waals surface area contributed by atoms with Crippen molar-refractivity contribution < 1.29 is 14.3 Å². The normalized spacial score (nSPS) is 10.7. The van der Waals surface area contributed by atoms with Gasteiger partial charge in [-0.2, -0.15) is 0 Å². The van der Waals surface area contributed by atoms with Crippen LogP contribution in [0.2, 0.25) is 5.02 Å². The second kappa shape index (κ2) is 7.62. The number of fused-ring (bicyclic) bond motifs is 1. The molecule has 1 amide bonds. The third-order valence-electron chi connectivity index (χ3n) is 4.31. The van der Waals surface area contributed by atoms with Crippen LogP contribution < -0.4 is 5.32 Å². The number of ether oxygens (including phenoxy) is 1. The molecule has 26 heavy (non-hydrogen) atoms. The van der Waals surface area contributed by atoms with Crippen molar-refractivity contribution in [3.05, 3.63) is 69.9 Å². The fourth-order valence-electron chi connectivity index (χ4n) is 2.69. The zero-order chi connectivity index (χ0) is 18.7. The minimum atomic E-state index is -0.530. The molecule has 0 unspecified atom stereocenters. The van der Waals surface area contributed by atoms with E-state index in [2.05, 4.69) is 10.3 Å². The quantitative estimate of drug-likeness (QED) is 0.669. The number of nitrogens with one attached hydrogen (secondary N) is 2. The van der Waals surface area contributed by atoms with Crippen LogP contribution in [0.3, 0.4) is 0 Å². The van der Waals surface area contributed by atoms with E-state index in [9.17, 15) is 9.59 Å². The Bertz CT molecular complexity index is 978. The topological polar surface area (TPSA) is 71.2 Å². The standard InChI is InChI=1S/C20H19ClN2O3/c1-12-13(2)23-18-8-7-14(9-16(12)18)20(25)26-11-19(24)22-10-15-5-3-4-6-17(15)21/h3-9,23H,10-11H2,1-2H3,(H,22,24). The number of benzene rings is 2. The Kier molecular flexibility index (Phi) is 5.28. The third kappa shape index (κ3) is 3.89. The minimum absolute atomic E-state index is 0.282. The summed E-state index contributed by atoms with van der Waals surface area (Å²) in [4.78, 5) is 27.4. The minimum Gasteiger partial charge on any atom is -0.452 e. The van der Waals surface area contributed by atoms with Gasteiger partial charge in [-0.15, -0.1) is 0 Å². The Labute approximate surface area is 156 Å². The number of hydrogen-bond acceptors (Lipinski definition) is 3. The average Bonchev–Trinajstić information content (AvgIpc) is 2.92. The molecule has 134 valence electrons. The number of rotatable bonds is 5. The largest absolute Gasteiger partial charge is 0.452 e. The van der Waals surface area contributed by atoms with E-state index in [0.717, 1.165) is 27.7 Å². The first kappa shape index (κ1) is 18.0. The zero-order valence-electron chi connectivity index (χ0n) is 14.6. The molecule has 0 bridgehead atoms. The average molecular weight is 371 g/mol. The van der Waals surface area contributed by atoms with Crippen LogP contribution in [0, 0.1) is 13.8 Å². The predicted octanol–water partition coefficient (Wildman–Crippen LogP) is 3.91. The van der Waals surface area contributed by atoms with E-state index in [0.29, 0.717) is 10.6 Å². The second-order valence-corrected chi connectivity index (χ2v) is 6.49. The van der Waals surface area contributed by atoms with E-state index in [-0.39, 0.29) is 19.1 Å². The molecular weight excluding hydrogens is 352 g/mol. The highest BCUT2D eigenvalue weighted by molar-refractivity contribution is 6.31. The van der Waals surface area contributed by atoms with Gasteiger partial charge in [0.05, 0.1) is 5.56 Å². The molecule has 0 aliphatic rings. The van der Waals surface area contributed by atoms with Crippen molar-refractivity contribution in [1.82, 2.24) is 10.3 Å². The first-order chi connectivity index (χ1) is 12.5. The predicted molar refractivity (Wildman–Crippen MR) is 101 cm³/mol. The van der Waals surface area contributed by atoms with Crippen molar-refractivity contribution in [3.63, 3.8) is 0 Å². The van der Waals surface area contributed by atoms with Crippen LogP contribution in [0.4, 0.5) is 0 Å². The van der Waals surface area contributed by atoms with Crippen LogP contribution in [0.5, 0.6) is 0 Å². The van der Waals surface area contributed by atoms with Crippen LogP contribution in [0.1, 0.15) is 27.2 Å². The molecular formula is C20H19ClN2O3. The molecule has 0 radical (unpaired) electrons. The molecule has 0 fully saturated rings. The van der Waals surface area contributed by atoms with Crippen LogP contribution in [-0.4, -0.2) is 23.5 Å². The molecule has 3 rings (SSSR count). The number of carbonyl (C=O) groups is 2. The maximum Gasteiger partial charge on any atom is 0.338 e. The Morgan fingerprint density at radius 3 is 2.69 bits per heavy atom. The third-order valence-corrected chi connectivity index (χ3v) is 4.68. The molecule has 2 N–H and O–H groups in total. The Balaban J connectivity index is 1.57. The van der Waals surface area contributed by atoms with Crippen molar-refractivity contribution in [3.8, 4) is 0 Å². The first-order valence-electron chi connectivity index (χ1n) is 8.22. The lowest BCUT2D eigenvalue weighted by molar-refractivity contribution is -0.124. The van der Waals surface area contributed by atoms with E-state index >= 15 is 0 Å². The zero-order valence-corrected chi connectivity index (χ0v) is 15.3. The van der Waals surface area contributed by atoms with E-state index < -0.39 is 5.97 Å². The summed E-state index contributed by atoms with van der Waals surface area (Å²) in [7, 11) is 0. The fourth-order valence-corrected chi connectivity index (χ4v) is 2.89. The van der Waals surface area contributed by atoms with Gasteiger partial charge in [-0.05, 0) is 49.2 Å². The first-order valence-corrected chi connectivity index (χ1v) is 8.59. The Morgan fingerprint density at radius 2 is 1.92 bits per heavy atom. The Hall–Kier alpha value is -2.79. The highest BCUT2D eigenvalue weighted by atomic mass is 35.5. The molecule has 6 heteroatoms. The van der Waals surface area contributed by atoms with Crippen LogP contribution >= 0.6 is 11.6 Å². The van der Waals surface area contributed by atoms with Gasteiger partial charge in [0.2, 0.25) is 0 Å². The summed E-state index contributed by atoms with van der Waals surface area (Å²) in [5.74, 6) is -0.911. The number of carbonyl (C=O) groups excluding carboxylic acids is 2. The second-order valence-electron chi connectivity index (χ2n) is 6.08. The number of aryl methyl sites for hydroxylation is 2. The van der Waals surface area contributed by atoms with Crippen LogP contribution in [-0.2, 0) is 16.1 Å². The lowest BCUT2D eigenvalue weighted by Crippen LogP contribution is -2.28. The molecule has 3 aromatic rings. The molecule has 2 aromatic carbocycles. The molecule has 0 aliphatic carbocycles. The summed E-state index contributed by atoms with van der Waals surface area (Å²) in [6, 6.07) is 12.5. The van der Waals surface area contributed by atoms with E-state index in [1.807, 2.05) is 38.1 Å². The van der Waals surface area contributed by atoms with E-state index in [1.165, 1.54) is 0 Å². The summed E-state index contributed by atoms with van der Waals surface area (Å²) in [6.45, 7) is 3.92. The van der Waals surface area contributed by atoms with Crippen molar-refractivity contribution >= 4 is 34.4 Å². The molecule has 5 nitrogen and oxygen atoms in total. The molecule has 0 saturated carbocycles. The molecule has 0 atom stereocenters. The molecule has 1 heterocycles. The van der Waals surface area contributed by atoms with Gasteiger partial charge in [-0.25, -0.2) is 4.79 Å². The number of H-pyrrole nitrogens is 1. The van der Waals surface area contributed by atoms with Gasteiger partial charge in [0.1, 0.15) is 0 Å². The molecule has 0 aliphatic heterocycles. The number of halogens is 1. The molecule has 1 aromatic heterocycles. The van der Waals surface area contributed by atoms with E-state index in [1.54, 1.807) is 18.2 Å². The van der Waals surface area contributed by atoms with Gasteiger partial charge >= 0.3 is 5.97 Å². The number of esters is 1. The lowest BCUT2D eigenvalue weighted by atomic mass is 10.1. The molecule has 0 spiro atoms.